The summed E-state index contributed by atoms with van der Waals surface area (Å²) in [5.41, 5.74) is 2.22. The summed E-state index contributed by atoms with van der Waals surface area (Å²) < 4.78 is 5.38. The van der Waals surface area contributed by atoms with Crippen molar-refractivity contribution in [3.8, 4) is 11.4 Å². The average molecular weight is 434 g/mol. The molecule has 1 aromatic heterocycles. The minimum Gasteiger partial charge on any atom is -0.341 e. The Balaban J connectivity index is 0.00000256. The number of halogens is 1. The SMILES string of the molecule is CC(C)c1ccc(-c2noc(CCC(=O)N3CCC(N4CCNCC4)C3)n2)cc1.Cl. The summed E-state index contributed by atoms with van der Waals surface area (Å²) in [6, 6.07) is 8.75. The maximum Gasteiger partial charge on any atom is 0.227 e. The molecule has 1 aromatic carbocycles. The molecule has 3 heterocycles. The van der Waals surface area contributed by atoms with Crippen LogP contribution in [0.25, 0.3) is 11.4 Å². The minimum absolute atomic E-state index is 0. The Bertz CT molecular complexity index is 817. The third-order valence-corrected chi connectivity index (χ3v) is 6.04. The fraction of sp³-hybridized carbons (Fsp3) is 0.591. The van der Waals surface area contributed by atoms with Crippen molar-refractivity contribution in [3.05, 3.63) is 35.7 Å². The summed E-state index contributed by atoms with van der Waals surface area (Å²) in [4.78, 5) is 21.6. The van der Waals surface area contributed by atoms with Gasteiger partial charge in [0.2, 0.25) is 17.6 Å². The number of amides is 1. The number of carbonyl (C=O) groups is 1. The molecule has 164 valence electrons. The maximum absolute atomic E-state index is 12.6. The lowest BCUT2D eigenvalue weighted by molar-refractivity contribution is -0.130. The minimum atomic E-state index is 0. The molecule has 0 radical (unpaired) electrons. The monoisotopic (exact) mass is 433 g/mol. The molecular formula is C22H32ClN5O2. The van der Waals surface area contributed by atoms with E-state index in [2.05, 4.69) is 46.3 Å². The van der Waals surface area contributed by atoms with Gasteiger partial charge in [0.1, 0.15) is 0 Å². The summed E-state index contributed by atoms with van der Waals surface area (Å²) in [6.07, 6.45) is 1.98. The normalized spacial score (nSPS) is 19.8. The third kappa shape index (κ3) is 5.39. The van der Waals surface area contributed by atoms with E-state index in [9.17, 15) is 4.79 Å². The van der Waals surface area contributed by atoms with Crippen molar-refractivity contribution in [2.24, 2.45) is 0 Å². The van der Waals surface area contributed by atoms with Crippen LogP contribution in [-0.2, 0) is 11.2 Å². The quantitative estimate of drug-likeness (QED) is 0.755. The number of likely N-dealkylation sites (tertiary alicyclic amines) is 1. The zero-order valence-electron chi connectivity index (χ0n) is 17.8. The summed E-state index contributed by atoms with van der Waals surface area (Å²) in [5.74, 6) is 1.79. The largest absolute Gasteiger partial charge is 0.341 e. The number of rotatable bonds is 6. The Kier molecular flexibility index (Phi) is 7.86. The van der Waals surface area contributed by atoms with Crippen LogP contribution in [0.2, 0.25) is 0 Å². The van der Waals surface area contributed by atoms with E-state index in [1.54, 1.807) is 0 Å². The summed E-state index contributed by atoms with van der Waals surface area (Å²) in [5, 5.41) is 7.47. The highest BCUT2D eigenvalue weighted by atomic mass is 35.5. The fourth-order valence-electron chi connectivity index (χ4n) is 4.18. The van der Waals surface area contributed by atoms with Gasteiger partial charge in [-0.25, -0.2) is 0 Å². The van der Waals surface area contributed by atoms with Gasteiger partial charge in [0, 0.05) is 63.7 Å². The van der Waals surface area contributed by atoms with Crippen molar-refractivity contribution in [2.45, 2.75) is 45.1 Å². The van der Waals surface area contributed by atoms with Crippen LogP contribution in [0.15, 0.2) is 28.8 Å². The van der Waals surface area contributed by atoms with Crippen molar-refractivity contribution < 1.29 is 9.32 Å². The van der Waals surface area contributed by atoms with Gasteiger partial charge in [0.05, 0.1) is 0 Å². The second-order valence-electron chi connectivity index (χ2n) is 8.36. The molecule has 1 unspecified atom stereocenters. The van der Waals surface area contributed by atoms with E-state index in [1.807, 2.05) is 17.0 Å². The molecule has 2 aromatic rings. The molecule has 2 saturated heterocycles. The van der Waals surface area contributed by atoms with Gasteiger partial charge in [0.15, 0.2) is 0 Å². The Morgan fingerprint density at radius 2 is 1.93 bits per heavy atom. The van der Waals surface area contributed by atoms with E-state index in [4.69, 9.17) is 4.52 Å². The first kappa shape index (κ1) is 22.7. The molecule has 8 heteroatoms. The van der Waals surface area contributed by atoms with E-state index in [0.717, 1.165) is 51.3 Å². The Morgan fingerprint density at radius 1 is 1.20 bits per heavy atom. The average Bonchev–Trinajstić information content (AvgIpc) is 3.43. The number of hydrogen-bond donors (Lipinski definition) is 1. The number of nitrogens with one attached hydrogen (secondary N) is 1. The van der Waals surface area contributed by atoms with Gasteiger partial charge in [-0.1, -0.05) is 43.3 Å². The molecule has 2 aliphatic rings. The molecule has 1 amide bonds. The van der Waals surface area contributed by atoms with Crippen LogP contribution >= 0.6 is 12.4 Å². The molecule has 4 rings (SSSR count). The highest BCUT2D eigenvalue weighted by Gasteiger charge is 2.30. The second-order valence-corrected chi connectivity index (χ2v) is 8.36. The molecule has 0 saturated carbocycles. The van der Waals surface area contributed by atoms with Crippen LogP contribution in [0.5, 0.6) is 0 Å². The first-order chi connectivity index (χ1) is 14.1. The Morgan fingerprint density at radius 3 is 2.63 bits per heavy atom. The lowest BCUT2D eigenvalue weighted by Gasteiger charge is -2.32. The van der Waals surface area contributed by atoms with E-state index in [1.165, 1.54) is 5.56 Å². The maximum atomic E-state index is 12.6. The van der Waals surface area contributed by atoms with Crippen LogP contribution < -0.4 is 5.32 Å². The van der Waals surface area contributed by atoms with Gasteiger partial charge in [0.25, 0.3) is 0 Å². The number of benzene rings is 1. The van der Waals surface area contributed by atoms with Crippen molar-refractivity contribution in [1.82, 2.24) is 25.3 Å². The van der Waals surface area contributed by atoms with Gasteiger partial charge in [-0.3, -0.25) is 9.69 Å². The van der Waals surface area contributed by atoms with E-state index < -0.39 is 0 Å². The van der Waals surface area contributed by atoms with Crippen molar-refractivity contribution in [2.75, 3.05) is 39.3 Å². The number of aryl methyl sites for hydroxylation is 1. The number of hydrogen-bond acceptors (Lipinski definition) is 6. The number of nitrogens with zero attached hydrogens (tertiary/aromatic N) is 4. The van der Waals surface area contributed by atoms with Crippen molar-refractivity contribution >= 4 is 18.3 Å². The van der Waals surface area contributed by atoms with Gasteiger partial charge in [-0.2, -0.15) is 4.98 Å². The highest BCUT2D eigenvalue weighted by molar-refractivity contribution is 5.85. The summed E-state index contributed by atoms with van der Waals surface area (Å²) in [6.45, 7) is 10.3. The third-order valence-electron chi connectivity index (χ3n) is 6.04. The standard InChI is InChI=1S/C22H31N5O2.ClH/c1-16(2)17-3-5-18(6-4-17)22-24-20(29-25-22)7-8-21(28)27-12-9-19(15-27)26-13-10-23-11-14-26;/h3-6,16,19,23H,7-15H2,1-2H3;1H. The molecule has 30 heavy (non-hydrogen) atoms. The van der Waals surface area contributed by atoms with Gasteiger partial charge >= 0.3 is 0 Å². The molecule has 0 aliphatic carbocycles. The van der Waals surface area contributed by atoms with Crippen LogP contribution in [0.3, 0.4) is 0 Å². The number of aromatic nitrogens is 2. The predicted octanol–water partition coefficient (Wildman–Crippen LogP) is 2.72. The summed E-state index contributed by atoms with van der Waals surface area (Å²) in [7, 11) is 0. The van der Waals surface area contributed by atoms with E-state index >= 15 is 0 Å². The molecular weight excluding hydrogens is 402 g/mol. The zero-order chi connectivity index (χ0) is 20.2. The lowest BCUT2D eigenvalue weighted by Crippen LogP contribution is -2.49. The lowest BCUT2D eigenvalue weighted by atomic mass is 10.0. The van der Waals surface area contributed by atoms with Crippen LogP contribution in [0.4, 0.5) is 0 Å². The van der Waals surface area contributed by atoms with E-state index in [-0.39, 0.29) is 18.3 Å². The summed E-state index contributed by atoms with van der Waals surface area (Å²) >= 11 is 0. The van der Waals surface area contributed by atoms with Gasteiger partial charge in [-0.05, 0) is 17.9 Å². The van der Waals surface area contributed by atoms with Crippen molar-refractivity contribution in [1.29, 1.82) is 0 Å². The molecule has 0 spiro atoms. The topological polar surface area (TPSA) is 74.5 Å². The molecule has 1 N–H and O–H groups in total. The van der Waals surface area contributed by atoms with Gasteiger partial charge < -0.3 is 14.7 Å². The fourth-order valence-corrected chi connectivity index (χ4v) is 4.18. The number of carbonyl (C=O) groups excluding carboxylic acids is 1. The van der Waals surface area contributed by atoms with E-state index in [0.29, 0.717) is 36.5 Å². The van der Waals surface area contributed by atoms with Crippen molar-refractivity contribution in [3.63, 3.8) is 0 Å². The Hall–Kier alpha value is -1.96. The highest BCUT2D eigenvalue weighted by Crippen LogP contribution is 2.21. The zero-order valence-corrected chi connectivity index (χ0v) is 18.7. The van der Waals surface area contributed by atoms with Crippen LogP contribution in [0, 0.1) is 0 Å². The first-order valence-electron chi connectivity index (χ1n) is 10.8. The molecule has 2 fully saturated rings. The van der Waals surface area contributed by atoms with Gasteiger partial charge in [-0.15, -0.1) is 12.4 Å². The Labute approximate surface area is 184 Å². The van der Waals surface area contributed by atoms with Crippen LogP contribution in [-0.4, -0.2) is 71.2 Å². The second kappa shape index (κ2) is 10.4. The smallest absolute Gasteiger partial charge is 0.227 e. The molecule has 2 aliphatic heterocycles. The molecule has 0 bridgehead atoms. The van der Waals surface area contributed by atoms with Crippen LogP contribution in [0.1, 0.15) is 44.1 Å². The first-order valence-corrected chi connectivity index (χ1v) is 10.8. The molecule has 1 atom stereocenters. The predicted molar refractivity (Wildman–Crippen MR) is 119 cm³/mol. The number of piperazine rings is 1. The molecule has 7 nitrogen and oxygen atoms in total.